The number of pyridine rings is 1. The van der Waals surface area contributed by atoms with E-state index in [-0.39, 0.29) is 12.7 Å². The molecule has 1 aromatic carbocycles. The molecule has 1 fully saturated rings. The Morgan fingerprint density at radius 3 is 2.93 bits per heavy atom. The highest BCUT2D eigenvalue weighted by Crippen LogP contribution is 2.42. The van der Waals surface area contributed by atoms with Gasteiger partial charge in [-0.15, -0.1) is 11.3 Å². The van der Waals surface area contributed by atoms with Crippen LogP contribution in [0.1, 0.15) is 30.2 Å². The predicted molar refractivity (Wildman–Crippen MR) is 112 cm³/mol. The number of nitrogens with zero attached hydrogens (tertiary/aromatic N) is 1. The molecule has 0 spiro atoms. The molecular weight excluding hydrogens is 380 g/mol. The highest BCUT2D eigenvalue weighted by atomic mass is 35.5. The molecule has 2 atom stereocenters. The van der Waals surface area contributed by atoms with Gasteiger partial charge in [0.1, 0.15) is 11.9 Å². The molecule has 0 unspecified atom stereocenters. The number of nitrogens with one attached hydrogen (secondary N) is 1. The SMILES string of the molecule is CC[C@@H]1C[C@H](Oc2c(C)cc(Cl)cc2-c2ccnc3cc(CO)sc23)CN1. The smallest absolute Gasteiger partial charge is 0.130 e. The second-order valence-electron chi connectivity index (χ2n) is 7.03. The van der Waals surface area contributed by atoms with Crippen molar-refractivity contribution in [3.8, 4) is 16.9 Å². The van der Waals surface area contributed by atoms with Crippen LogP contribution in [0.3, 0.4) is 0 Å². The van der Waals surface area contributed by atoms with Crippen molar-refractivity contribution in [3.05, 3.63) is 45.9 Å². The predicted octanol–water partition coefficient (Wildman–Crippen LogP) is 4.94. The molecule has 2 aromatic heterocycles. The standard InChI is InChI=1S/C21H23ClN2O2S/c1-3-14-8-15(10-24-14)26-20-12(2)6-13(22)7-18(20)17-4-5-23-19-9-16(11-25)27-21(17)19/h4-7,9,14-15,24-25H,3,8,10-11H2,1-2H3/t14-,15+/m1/s1. The lowest BCUT2D eigenvalue weighted by Gasteiger charge is -2.19. The highest BCUT2D eigenvalue weighted by molar-refractivity contribution is 7.19. The number of fused-ring (bicyclic) bond motifs is 1. The number of ether oxygens (including phenoxy) is 1. The molecule has 0 saturated carbocycles. The molecule has 1 aliphatic rings. The van der Waals surface area contributed by atoms with Crippen molar-refractivity contribution in [2.45, 2.75) is 45.4 Å². The summed E-state index contributed by atoms with van der Waals surface area (Å²) in [5.41, 5.74) is 3.95. The van der Waals surface area contributed by atoms with Gasteiger partial charge in [0.2, 0.25) is 0 Å². The molecule has 27 heavy (non-hydrogen) atoms. The summed E-state index contributed by atoms with van der Waals surface area (Å²) in [6.07, 6.45) is 4.08. The van der Waals surface area contributed by atoms with Crippen LogP contribution in [0.25, 0.3) is 21.3 Å². The number of benzene rings is 1. The molecule has 4 nitrogen and oxygen atoms in total. The fourth-order valence-electron chi connectivity index (χ4n) is 3.71. The third-order valence-corrected chi connectivity index (χ3v) is 6.47. The summed E-state index contributed by atoms with van der Waals surface area (Å²) < 4.78 is 7.52. The van der Waals surface area contributed by atoms with E-state index in [1.54, 1.807) is 17.5 Å². The van der Waals surface area contributed by atoms with E-state index in [2.05, 4.69) is 17.2 Å². The van der Waals surface area contributed by atoms with Gasteiger partial charge >= 0.3 is 0 Å². The van der Waals surface area contributed by atoms with Crippen molar-refractivity contribution >= 4 is 33.2 Å². The van der Waals surface area contributed by atoms with Gasteiger partial charge in [-0.1, -0.05) is 18.5 Å². The zero-order valence-electron chi connectivity index (χ0n) is 15.5. The Morgan fingerprint density at radius 2 is 2.19 bits per heavy atom. The molecule has 4 rings (SSSR count). The molecule has 0 radical (unpaired) electrons. The van der Waals surface area contributed by atoms with E-state index in [9.17, 15) is 5.11 Å². The Hall–Kier alpha value is -1.66. The maximum atomic E-state index is 9.51. The Balaban J connectivity index is 1.80. The summed E-state index contributed by atoms with van der Waals surface area (Å²) in [4.78, 5) is 5.35. The van der Waals surface area contributed by atoms with Crippen molar-refractivity contribution in [2.24, 2.45) is 0 Å². The van der Waals surface area contributed by atoms with Crippen LogP contribution in [0.5, 0.6) is 5.75 Å². The minimum absolute atomic E-state index is 0.0184. The summed E-state index contributed by atoms with van der Waals surface area (Å²) in [5, 5.41) is 13.7. The Morgan fingerprint density at radius 1 is 1.33 bits per heavy atom. The number of rotatable bonds is 5. The maximum absolute atomic E-state index is 9.51. The van der Waals surface area contributed by atoms with Gasteiger partial charge in [0, 0.05) is 46.2 Å². The fourth-order valence-corrected chi connectivity index (χ4v) is 4.99. The molecule has 3 heterocycles. The van der Waals surface area contributed by atoms with Crippen LogP contribution in [0.2, 0.25) is 5.02 Å². The Labute approximate surface area is 168 Å². The topological polar surface area (TPSA) is 54.4 Å². The van der Waals surface area contributed by atoms with E-state index in [0.29, 0.717) is 11.1 Å². The fraction of sp³-hybridized carbons (Fsp3) is 0.381. The van der Waals surface area contributed by atoms with Gasteiger partial charge in [0.25, 0.3) is 0 Å². The second kappa shape index (κ2) is 7.76. The molecule has 3 aromatic rings. The van der Waals surface area contributed by atoms with Crippen molar-refractivity contribution in [1.82, 2.24) is 10.3 Å². The van der Waals surface area contributed by atoms with E-state index in [1.165, 1.54) is 0 Å². The first-order valence-corrected chi connectivity index (χ1v) is 10.5. The van der Waals surface area contributed by atoms with E-state index in [1.807, 2.05) is 31.2 Å². The average molecular weight is 403 g/mol. The van der Waals surface area contributed by atoms with Crippen LogP contribution in [-0.2, 0) is 6.61 Å². The minimum atomic E-state index is 0.0184. The monoisotopic (exact) mass is 402 g/mol. The van der Waals surface area contributed by atoms with Crippen molar-refractivity contribution in [3.63, 3.8) is 0 Å². The molecule has 6 heteroatoms. The maximum Gasteiger partial charge on any atom is 0.130 e. The van der Waals surface area contributed by atoms with E-state index < -0.39 is 0 Å². The van der Waals surface area contributed by atoms with Gasteiger partial charge in [-0.25, -0.2) is 0 Å². The first-order chi connectivity index (χ1) is 13.1. The van der Waals surface area contributed by atoms with Crippen LogP contribution in [0.15, 0.2) is 30.5 Å². The van der Waals surface area contributed by atoms with Crippen LogP contribution in [-0.4, -0.2) is 28.8 Å². The average Bonchev–Trinajstić information content (AvgIpc) is 3.29. The first-order valence-electron chi connectivity index (χ1n) is 9.28. The summed E-state index contributed by atoms with van der Waals surface area (Å²) >= 11 is 7.96. The number of aliphatic hydroxyl groups excluding tert-OH is 1. The summed E-state index contributed by atoms with van der Waals surface area (Å²) in [6.45, 7) is 5.11. The summed E-state index contributed by atoms with van der Waals surface area (Å²) in [5.74, 6) is 0.884. The molecule has 1 aliphatic heterocycles. The number of thiophene rings is 1. The van der Waals surface area contributed by atoms with Gasteiger partial charge in [-0.2, -0.15) is 0 Å². The lowest BCUT2D eigenvalue weighted by atomic mass is 10.0. The Bertz CT molecular complexity index is 972. The number of aryl methyl sites for hydroxylation is 1. The molecule has 0 amide bonds. The largest absolute Gasteiger partial charge is 0.488 e. The molecule has 0 aliphatic carbocycles. The molecular formula is C21H23ClN2O2S. The lowest BCUT2D eigenvalue weighted by molar-refractivity contribution is 0.219. The van der Waals surface area contributed by atoms with E-state index >= 15 is 0 Å². The highest BCUT2D eigenvalue weighted by Gasteiger charge is 2.26. The van der Waals surface area contributed by atoms with Crippen molar-refractivity contribution < 1.29 is 9.84 Å². The van der Waals surface area contributed by atoms with E-state index in [4.69, 9.17) is 16.3 Å². The van der Waals surface area contributed by atoms with E-state index in [0.717, 1.165) is 56.9 Å². The third kappa shape index (κ3) is 3.69. The second-order valence-corrected chi connectivity index (χ2v) is 8.61. The zero-order valence-corrected chi connectivity index (χ0v) is 17.0. The van der Waals surface area contributed by atoms with Gasteiger partial charge in [0.15, 0.2) is 0 Å². The number of halogens is 1. The molecule has 0 bridgehead atoms. The third-order valence-electron chi connectivity index (χ3n) is 5.11. The van der Waals surface area contributed by atoms with Crippen LogP contribution in [0.4, 0.5) is 0 Å². The minimum Gasteiger partial charge on any atom is -0.488 e. The van der Waals surface area contributed by atoms with Crippen LogP contribution in [0, 0.1) is 6.92 Å². The number of aliphatic hydroxyl groups is 1. The summed E-state index contributed by atoms with van der Waals surface area (Å²) in [6, 6.07) is 8.37. The first kappa shape index (κ1) is 18.7. The number of aromatic nitrogens is 1. The number of hydrogen-bond donors (Lipinski definition) is 2. The Kier molecular flexibility index (Phi) is 5.37. The van der Waals surface area contributed by atoms with Gasteiger partial charge in [-0.05, 0) is 43.2 Å². The quantitative estimate of drug-likeness (QED) is 0.634. The van der Waals surface area contributed by atoms with Gasteiger partial charge in [0.05, 0.1) is 16.8 Å². The summed E-state index contributed by atoms with van der Waals surface area (Å²) in [7, 11) is 0. The van der Waals surface area contributed by atoms with Crippen LogP contribution < -0.4 is 10.1 Å². The molecule has 2 N–H and O–H groups in total. The van der Waals surface area contributed by atoms with Gasteiger partial charge in [-0.3, -0.25) is 4.98 Å². The molecule has 142 valence electrons. The van der Waals surface area contributed by atoms with Crippen molar-refractivity contribution in [2.75, 3.05) is 6.54 Å². The van der Waals surface area contributed by atoms with Crippen LogP contribution >= 0.6 is 22.9 Å². The zero-order chi connectivity index (χ0) is 19.0. The number of hydrogen-bond acceptors (Lipinski definition) is 5. The normalized spacial score (nSPS) is 19.7. The van der Waals surface area contributed by atoms with Crippen molar-refractivity contribution in [1.29, 1.82) is 0 Å². The van der Waals surface area contributed by atoms with Gasteiger partial charge < -0.3 is 15.2 Å². The molecule has 1 saturated heterocycles. The lowest BCUT2D eigenvalue weighted by Crippen LogP contribution is -2.22.